The minimum atomic E-state index is -0.490. The van der Waals surface area contributed by atoms with Crippen molar-refractivity contribution in [2.75, 3.05) is 19.1 Å². The van der Waals surface area contributed by atoms with E-state index in [1.54, 1.807) is 36.6 Å². The highest BCUT2D eigenvalue weighted by Crippen LogP contribution is 2.36. The number of amides is 1. The lowest BCUT2D eigenvalue weighted by atomic mass is 10.1. The Hall–Kier alpha value is -2.67. The van der Waals surface area contributed by atoms with Crippen molar-refractivity contribution in [3.8, 4) is 5.75 Å². The average molecular weight is 328 g/mol. The number of ether oxygens (including phenoxy) is 1. The molecule has 0 saturated carbocycles. The molecule has 3 aromatic rings. The SMILES string of the molecule is COc1cc(C(N)=O)ccc1N(C)c1nc(C)nc2sccc12. The standard InChI is InChI=1S/C16H16N4O2S/c1-9-18-15(11-6-7-23-16(11)19-9)20(2)12-5-4-10(14(17)21)8-13(12)22-3/h4-8H,1-3H3,(H2,17,21). The smallest absolute Gasteiger partial charge is 0.248 e. The Labute approximate surface area is 137 Å². The maximum atomic E-state index is 11.3. The number of fused-ring (bicyclic) bond motifs is 1. The molecule has 3 rings (SSSR count). The number of nitrogens with two attached hydrogens (primary N) is 1. The van der Waals surface area contributed by atoms with Gasteiger partial charge >= 0.3 is 0 Å². The van der Waals surface area contributed by atoms with Gasteiger partial charge in [0.15, 0.2) is 0 Å². The Morgan fingerprint density at radius 1 is 1.30 bits per heavy atom. The molecule has 0 aliphatic heterocycles. The number of anilines is 2. The van der Waals surface area contributed by atoms with Gasteiger partial charge < -0.3 is 15.4 Å². The molecule has 2 aromatic heterocycles. The number of carbonyl (C=O) groups is 1. The number of methoxy groups -OCH3 is 1. The van der Waals surface area contributed by atoms with Gasteiger partial charge in [0.1, 0.15) is 22.2 Å². The molecule has 0 unspecified atom stereocenters. The van der Waals surface area contributed by atoms with Crippen LogP contribution in [-0.4, -0.2) is 30.0 Å². The highest BCUT2D eigenvalue weighted by molar-refractivity contribution is 7.16. The predicted octanol–water partition coefficient (Wildman–Crippen LogP) is 2.88. The monoisotopic (exact) mass is 328 g/mol. The number of aromatic nitrogens is 2. The second kappa shape index (κ2) is 5.85. The van der Waals surface area contributed by atoms with E-state index in [9.17, 15) is 4.79 Å². The zero-order valence-corrected chi connectivity index (χ0v) is 13.8. The molecule has 0 fully saturated rings. The summed E-state index contributed by atoms with van der Waals surface area (Å²) in [6.45, 7) is 1.86. The van der Waals surface area contributed by atoms with Crippen LogP contribution in [0.2, 0.25) is 0 Å². The van der Waals surface area contributed by atoms with Crippen molar-refractivity contribution in [3.63, 3.8) is 0 Å². The first-order valence-corrected chi connectivity index (χ1v) is 7.82. The van der Waals surface area contributed by atoms with Crippen LogP contribution in [0.15, 0.2) is 29.6 Å². The third-order valence-electron chi connectivity index (χ3n) is 3.56. The molecule has 1 amide bonds. The quantitative estimate of drug-likeness (QED) is 0.796. The van der Waals surface area contributed by atoms with E-state index in [0.29, 0.717) is 17.1 Å². The van der Waals surface area contributed by atoms with Crippen molar-refractivity contribution >= 4 is 39.0 Å². The molecule has 1 aromatic carbocycles. The summed E-state index contributed by atoms with van der Waals surface area (Å²) < 4.78 is 5.41. The number of nitrogens with zero attached hydrogens (tertiary/aromatic N) is 3. The zero-order chi connectivity index (χ0) is 16.6. The van der Waals surface area contributed by atoms with Crippen LogP contribution in [0.5, 0.6) is 5.75 Å². The van der Waals surface area contributed by atoms with Gasteiger partial charge in [0.25, 0.3) is 0 Å². The molecule has 2 heterocycles. The highest BCUT2D eigenvalue weighted by atomic mass is 32.1. The van der Waals surface area contributed by atoms with Crippen LogP contribution in [0.4, 0.5) is 11.5 Å². The topological polar surface area (TPSA) is 81.3 Å². The molecule has 2 N–H and O–H groups in total. The van der Waals surface area contributed by atoms with E-state index < -0.39 is 5.91 Å². The van der Waals surface area contributed by atoms with Gasteiger partial charge in [-0.1, -0.05) is 0 Å². The summed E-state index contributed by atoms with van der Waals surface area (Å²) in [4.78, 5) is 23.2. The summed E-state index contributed by atoms with van der Waals surface area (Å²) in [5.74, 6) is 1.56. The molecule has 0 radical (unpaired) electrons. The first kappa shape index (κ1) is 15.2. The van der Waals surface area contributed by atoms with Gasteiger partial charge in [-0.05, 0) is 36.6 Å². The lowest BCUT2D eigenvalue weighted by Crippen LogP contribution is -2.15. The van der Waals surface area contributed by atoms with E-state index in [1.165, 1.54) is 0 Å². The van der Waals surface area contributed by atoms with Crippen LogP contribution < -0.4 is 15.4 Å². The van der Waals surface area contributed by atoms with Crippen LogP contribution in [0.3, 0.4) is 0 Å². The lowest BCUT2D eigenvalue weighted by Gasteiger charge is -2.22. The third-order valence-corrected chi connectivity index (χ3v) is 4.37. The minimum absolute atomic E-state index is 0.401. The molecule has 6 nitrogen and oxygen atoms in total. The zero-order valence-electron chi connectivity index (χ0n) is 13.0. The maximum Gasteiger partial charge on any atom is 0.248 e. The number of aryl methyl sites for hydroxylation is 1. The van der Waals surface area contributed by atoms with E-state index in [4.69, 9.17) is 10.5 Å². The van der Waals surface area contributed by atoms with E-state index in [1.807, 2.05) is 30.3 Å². The Morgan fingerprint density at radius 2 is 2.09 bits per heavy atom. The molecule has 118 valence electrons. The number of hydrogen-bond donors (Lipinski definition) is 1. The van der Waals surface area contributed by atoms with Crippen LogP contribution in [0.25, 0.3) is 10.2 Å². The Kier molecular flexibility index (Phi) is 3.87. The third kappa shape index (κ3) is 2.70. The second-order valence-electron chi connectivity index (χ2n) is 5.04. The average Bonchev–Trinajstić information content (AvgIpc) is 3.00. The van der Waals surface area contributed by atoms with Crippen molar-refractivity contribution in [2.45, 2.75) is 6.92 Å². The summed E-state index contributed by atoms with van der Waals surface area (Å²) in [5, 5.41) is 2.97. The van der Waals surface area contributed by atoms with Gasteiger partial charge in [0.2, 0.25) is 5.91 Å². The molecule has 0 atom stereocenters. The number of thiophene rings is 1. The van der Waals surface area contributed by atoms with Gasteiger partial charge in [0.05, 0.1) is 18.2 Å². The van der Waals surface area contributed by atoms with Crippen LogP contribution in [0.1, 0.15) is 16.2 Å². The van der Waals surface area contributed by atoms with E-state index in [0.717, 1.165) is 21.7 Å². The summed E-state index contributed by atoms with van der Waals surface area (Å²) in [5.41, 5.74) is 6.52. The number of hydrogen-bond acceptors (Lipinski definition) is 6. The number of primary amides is 1. The fourth-order valence-electron chi connectivity index (χ4n) is 2.42. The number of rotatable bonds is 4. The Morgan fingerprint density at radius 3 is 2.78 bits per heavy atom. The van der Waals surface area contributed by atoms with Crippen molar-refractivity contribution in [1.82, 2.24) is 9.97 Å². The normalized spacial score (nSPS) is 10.7. The number of benzene rings is 1. The minimum Gasteiger partial charge on any atom is -0.495 e. The van der Waals surface area contributed by atoms with Crippen LogP contribution in [0, 0.1) is 6.92 Å². The molecular weight excluding hydrogens is 312 g/mol. The van der Waals surface area contributed by atoms with Crippen molar-refractivity contribution < 1.29 is 9.53 Å². The molecule has 0 aliphatic rings. The summed E-state index contributed by atoms with van der Waals surface area (Å²) >= 11 is 1.57. The van der Waals surface area contributed by atoms with E-state index in [2.05, 4.69) is 9.97 Å². The van der Waals surface area contributed by atoms with Gasteiger partial charge in [0, 0.05) is 12.6 Å². The van der Waals surface area contributed by atoms with E-state index >= 15 is 0 Å². The van der Waals surface area contributed by atoms with Crippen molar-refractivity contribution in [2.24, 2.45) is 5.73 Å². The van der Waals surface area contributed by atoms with Gasteiger partial charge in [-0.3, -0.25) is 4.79 Å². The molecule has 7 heteroatoms. The van der Waals surface area contributed by atoms with Gasteiger partial charge in [-0.2, -0.15) is 0 Å². The van der Waals surface area contributed by atoms with Crippen LogP contribution >= 0.6 is 11.3 Å². The molecule has 0 bridgehead atoms. The van der Waals surface area contributed by atoms with Crippen molar-refractivity contribution in [1.29, 1.82) is 0 Å². The lowest BCUT2D eigenvalue weighted by molar-refractivity contribution is 0.1000. The number of carbonyl (C=O) groups excluding carboxylic acids is 1. The van der Waals surface area contributed by atoms with Gasteiger partial charge in [-0.15, -0.1) is 11.3 Å². The van der Waals surface area contributed by atoms with Crippen molar-refractivity contribution in [3.05, 3.63) is 41.0 Å². The molecular formula is C16H16N4O2S. The molecule has 0 saturated heterocycles. The first-order valence-electron chi connectivity index (χ1n) is 6.94. The summed E-state index contributed by atoms with van der Waals surface area (Å²) in [6, 6.07) is 7.10. The molecule has 0 spiro atoms. The fourth-order valence-corrected chi connectivity index (χ4v) is 3.23. The van der Waals surface area contributed by atoms with E-state index in [-0.39, 0.29) is 0 Å². The summed E-state index contributed by atoms with van der Waals surface area (Å²) in [6.07, 6.45) is 0. The fraction of sp³-hybridized carbons (Fsp3) is 0.188. The largest absolute Gasteiger partial charge is 0.495 e. The molecule has 23 heavy (non-hydrogen) atoms. The Balaban J connectivity index is 2.13. The van der Waals surface area contributed by atoms with Crippen LogP contribution in [-0.2, 0) is 0 Å². The van der Waals surface area contributed by atoms with Gasteiger partial charge in [-0.25, -0.2) is 9.97 Å². The summed E-state index contributed by atoms with van der Waals surface area (Å²) in [7, 11) is 3.46. The maximum absolute atomic E-state index is 11.3. The second-order valence-corrected chi connectivity index (χ2v) is 5.94. The predicted molar refractivity (Wildman–Crippen MR) is 91.7 cm³/mol. The Bertz CT molecular complexity index is 891. The highest BCUT2D eigenvalue weighted by Gasteiger charge is 2.17. The first-order chi connectivity index (χ1) is 11.0. The molecule has 0 aliphatic carbocycles.